The molecule has 0 aliphatic heterocycles. The first kappa shape index (κ1) is 30.2. The fourth-order valence-electron chi connectivity index (χ4n) is 4.16. The summed E-state index contributed by atoms with van der Waals surface area (Å²) in [5, 5.41) is 2.58. The van der Waals surface area contributed by atoms with Gasteiger partial charge in [-0.2, -0.15) is 18.2 Å². The number of anilines is 1. The third kappa shape index (κ3) is 7.19. The lowest BCUT2D eigenvalue weighted by molar-refractivity contribution is -0.153. The Bertz CT molecular complexity index is 1820. The topological polar surface area (TPSA) is 113 Å². The maximum atomic E-state index is 15.4. The number of pyridine rings is 2. The van der Waals surface area contributed by atoms with Gasteiger partial charge >= 0.3 is 12.3 Å². The summed E-state index contributed by atoms with van der Waals surface area (Å²) in [6.07, 6.45) is -2.87. The Morgan fingerprint density at radius 2 is 1.80 bits per heavy atom. The number of amides is 1. The average molecular weight is 611 g/mol. The van der Waals surface area contributed by atoms with Crippen molar-refractivity contribution in [1.29, 1.82) is 0 Å². The molecule has 0 fully saturated rings. The minimum absolute atomic E-state index is 0.0536. The van der Waals surface area contributed by atoms with Crippen molar-refractivity contribution in [3.05, 3.63) is 78.6 Å². The van der Waals surface area contributed by atoms with Crippen LogP contribution >= 0.6 is 0 Å². The van der Waals surface area contributed by atoms with E-state index >= 15 is 4.39 Å². The monoisotopic (exact) mass is 610 g/mol. The summed E-state index contributed by atoms with van der Waals surface area (Å²) in [5.74, 6) is -1.07. The van der Waals surface area contributed by atoms with Crippen LogP contribution in [0.15, 0.2) is 67.1 Å². The molecule has 0 bridgehead atoms. The van der Waals surface area contributed by atoms with E-state index in [-0.39, 0.29) is 34.2 Å². The van der Waals surface area contributed by atoms with Gasteiger partial charge in [0.05, 0.1) is 28.8 Å². The lowest BCUT2D eigenvalue weighted by Crippen LogP contribution is -2.27. The van der Waals surface area contributed by atoms with Gasteiger partial charge in [-0.25, -0.2) is 19.2 Å². The maximum Gasteiger partial charge on any atom is 0.422 e. The zero-order valence-electron chi connectivity index (χ0n) is 23.9. The van der Waals surface area contributed by atoms with E-state index < -0.39 is 30.3 Å². The summed E-state index contributed by atoms with van der Waals surface area (Å²) < 4.78 is 71.9. The standard InChI is InChI=1S/C30H26F4N6O4/c1-17-6-5-7-25(38-17)43-24-11-9-19(12-20(24)31)40-23(13-22-26(40)27(37-16-36-22)42-15-30(32,33)34)21-10-8-18(14-35-21)39-28(41)44-29(2,3)4/h5-14,16H,15H2,1-4H3,(H,39,41). The van der Waals surface area contributed by atoms with E-state index in [4.69, 9.17) is 14.2 Å². The van der Waals surface area contributed by atoms with Crippen molar-refractivity contribution in [2.75, 3.05) is 11.9 Å². The molecular formula is C30H26F4N6O4. The molecule has 4 aromatic heterocycles. The second kappa shape index (κ2) is 11.8. The summed E-state index contributed by atoms with van der Waals surface area (Å²) in [6, 6.07) is 13.8. The first-order valence-electron chi connectivity index (χ1n) is 13.2. The molecule has 4 heterocycles. The molecule has 0 saturated carbocycles. The predicted octanol–water partition coefficient (Wildman–Crippen LogP) is 7.41. The third-order valence-corrected chi connectivity index (χ3v) is 5.85. The first-order valence-corrected chi connectivity index (χ1v) is 13.2. The number of carbonyl (C=O) groups is 1. The van der Waals surface area contributed by atoms with Crippen molar-refractivity contribution in [3.8, 4) is 34.6 Å². The molecule has 228 valence electrons. The van der Waals surface area contributed by atoms with Gasteiger partial charge in [0.15, 0.2) is 18.2 Å². The zero-order valence-corrected chi connectivity index (χ0v) is 23.9. The van der Waals surface area contributed by atoms with E-state index in [2.05, 4.69) is 25.3 Å². The van der Waals surface area contributed by atoms with E-state index in [1.807, 2.05) is 0 Å². The summed E-state index contributed by atoms with van der Waals surface area (Å²) >= 11 is 0. The number of rotatable bonds is 7. The van der Waals surface area contributed by atoms with Gasteiger partial charge in [0.25, 0.3) is 0 Å². The molecule has 0 aliphatic carbocycles. The lowest BCUT2D eigenvalue weighted by Gasteiger charge is -2.19. The van der Waals surface area contributed by atoms with Crippen LogP contribution in [-0.4, -0.2) is 49.0 Å². The van der Waals surface area contributed by atoms with E-state index in [0.29, 0.717) is 22.8 Å². The summed E-state index contributed by atoms with van der Waals surface area (Å²) in [7, 11) is 0. The average Bonchev–Trinajstić information content (AvgIpc) is 3.32. The number of hydrogen-bond donors (Lipinski definition) is 1. The van der Waals surface area contributed by atoms with E-state index in [1.54, 1.807) is 64.1 Å². The molecule has 10 nitrogen and oxygen atoms in total. The van der Waals surface area contributed by atoms with Crippen molar-refractivity contribution in [2.24, 2.45) is 0 Å². The molecule has 5 aromatic rings. The molecule has 0 spiro atoms. The van der Waals surface area contributed by atoms with Crippen molar-refractivity contribution >= 4 is 22.8 Å². The van der Waals surface area contributed by atoms with Gasteiger partial charge in [0, 0.05) is 23.5 Å². The molecule has 0 unspecified atom stereocenters. The van der Waals surface area contributed by atoms with Crippen LogP contribution in [0.2, 0.25) is 0 Å². The van der Waals surface area contributed by atoms with Crippen molar-refractivity contribution in [1.82, 2.24) is 24.5 Å². The molecule has 14 heteroatoms. The highest BCUT2D eigenvalue weighted by Gasteiger charge is 2.30. The number of halogens is 4. The Morgan fingerprint density at radius 3 is 2.45 bits per heavy atom. The minimum atomic E-state index is -4.63. The molecular weight excluding hydrogens is 584 g/mol. The van der Waals surface area contributed by atoms with Crippen LogP contribution in [0.5, 0.6) is 17.5 Å². The quantitative estimate of drug-likeness (QED) is 0.190. The third-order valence-electron chi connectivity index (χ3n) is 5.85. The number of ether oxygens (including phenoxy) is 3. The van der Waals surface area contributed by atoms with E-state index in [1.165, 1.54) is 22.9 Å². The van der Waals surface area contributed by atoms with Gasteiger partial charge in [0.2, 0.25) is 11.8 Å². The SMILES string of the molecule is Cc1cccc(Oc2ccc(-n3c(-c4ccc(NC(=O)OC(C)(C)C)cn4)cc4ncnc(OCC(F)(F)F)c43)cc2F)n1. The van der Waals surface area contributed by atoms with Crippen LogP contribution in [0.4, 0.5) is 28.0 Å². The van der Waals surface area contributed by atoms with E-state index in [0.717, 1.165) is 12.4 Å². The van der Waals surface area contributed by atoms with Gasteiger partial charge in [-0.1, -0.05) is 6.07 Å². The molecule has 44 heavy (non-hydrogen) atoms. The molecule has 1 aromatic carbocycles. The van der Waals surface area contributed by atoms with Crippen LogP contribution in [0.3, 0.4) is 0 Å². The lowest BCUT2D eigenvalue weighted by atomic mass is 10.2. The van der Waals surface area contributed by atoms with Crippen molar-refractivity contribution in [2.45, 2.75) is 39.5 Å². The molecule has 1 N–H and O–H groups in total. The maximum absolute atomic E-state index is 15.4. The van der Waals surface area contributed by atoms with Crippen LogP contribution in [-0.2, 0) is 4.74 Å². The summed E-state index contributed by atoms with van der Waals surface area (Å²) in [5.41, 5.74) is 1.41. The Labute approximate surface area is 248 Å². The smallest absolute Gasteiger partial charge is 0.422 e. The summed E-state index contributed by atoms with van der Waals surface area (Å²) in [6.45, 7) is 5.34. The minimum Gasteiger partial charge on any atom is -0.466 e. The second-order valence-corrected chi connectivity index (χ2v) is 10.6. The highest BCUT2D eigenvalue weighted by Crippen LogP contribution is 2.36. The number of carbonyl (C=O) groups excluding carboxylic acids is 1. The molecule has 0 saturated heterocycles. The molecule has 0 aliphatic rings. The number of nitrogens with zero attached hydrogens (tertiary/aromatic N) is 5. The number of nitrogens with one attached hydrogen (secondary N) is 1. The van der Waals surface area contributed by atoms with Gasteiger partial charge in [-0.15, -0.1) is 0 Å². The van der Waals surface area contributed by atoms with Crippen LogP contribution < -0.4 is 14.8 Å². The highest BCUT2D eigenvalue weighted by molar-refractivity contribution is 5.89. The Balaban J connectivity index is 1.57. The number of benzene rings is 1. The first-order chi connectivity index (χ1) is 20.8. The fourth-order valence-corrected chi connectivity index (χ4v) is 4.16. The molecule has 5 rings (SSSR count). The largest absolute Gasteiger partial charge is 0.466 e. The van der Waals surface area contributed by atoms with Gasteiger partial charge in [0.1, 0.15) is 17.4 Å². The number of aromatic nitrogens is 5. The fraction of sp³-hybridized carbons (Fsp3) is 0.233. The zero-order chi connectivity index (χ0) is 31.6. The van der Waals surface area contributed by atoms with Crippen molar-refractivity contribution < 1.29 is 36.6 Å². The Morgan fingerprint density at radius 1 is 1.00 bits per heavy atom. The second-order valence-electron chi connectivity index (χ2n) is 10.6. The number of fused-ring (bicyclic) bond motifs is 1. The molecule has 1 amide bonds. The molecule has 0 atom stereocenters. The van der Waals surface area contributed by atoms with Gasteiger partial charge in [-0.05, 0) is 64.1 Å². The normalized spacial score (nSPS) is 11.8. The summed E-state index contributed by atoms with van der Waals surface area (Å²) in [4.78, 5) is 28.9. The van der Waals surface area contributed by atoms with Gasteiger partial charge in [-0.3, -0.25) is 10.3 Å². The number of hydrogen-bond acceptors (Lipinski definition) is 8. The van der Waals surface area contributed by atoms with Crippen LogP contribution in [0, 0.1) is 12.7 Å². The Hall–Kier alpha value is -5.27. The van der Waals surface area contributed by atoms with Crippen LogP contribution in [0.25, 0.3) is 28.1 Å². The van der Waals surface area contributed by atoms with E-state index in [9.17, 15) is 18.0 Å². The van der Waals surface area contributed by atoms with Crippen LogP contribution in [0.1, 0.15) is 26.5 Å². The number of aryl methyl sites for hydroxylation is 1. The van der Waals surface area contributed by atoms with Gasteiger partial charge < -0.3 is 18.8 Å². The Kier molecular flexibility index (Phi) is 8.09. The predicted molar refractivity (Wildman–Crippen MR) is 153 cm³/mol. The molecule has 0 radical (unpaired) electrons. The number of alkyl halides is 3. The highest BCUT2D eigenvalue weighted by atomic mass is 19.4. The van der Waals surface area contributed by atoms with Crippen molar-refractivity contribution in [3.63, 3.8) is 0 Å².